The summed E-state index contributed by atoms with van der Waals surface area (Å²) in [6.07, 6.45) is 6.59. The van der Waals surface area contributed by atoms with Crippen molar-refractivity contribution in [3.63, 3.8) is 0 Å². The number of hydrogen-bond acceptors (Lipinski definition) is 2. The standard InChI is InChI=1S/C29H39NO/c1-20-15-25-26(28(4,5)14-13-27(25,2)3)16-24(20)29(31)17-22-11-12-23(18-29)30(22)19-21-9-7-6-8-10-21/h6-10,15-16,22-23,31H,11-14,17-19H2,1-5H3. The molecule has 3 aliphatic rings. The molecule has 31 heavy (non-hydrogen) atoms. The van der Waals surface area contributed by atoms with Gasteiger partial charge in [-0.15, -0.1) is 0 Å². The fourth-order valence-electron chi connectivity index (χ4n) is 6.81. The van der Waals surface area contributed by atoms with Gasteiger partial charge in [-0.05, 0) is 84.1 Å². The minimum atomic E-state index is -0.699. The van der Waals surface area contributed by atoms with Gasteiger partial charge in [0.15, 0.2) is 0 Å². The Balaban J connectivity index is 1.48. The van der Waals surface area contributed by atoms with Crippen molar-refractivity contribution >= 4 is 0 Å². The van der Waals surface area contributed by atoms with Gasteiger partial charge in [-0.3, -0.25) is 4.90 Å². The summed E-state index contributed by atoms with van der Waals surface area (Å²) in [5.41, 5.74) is 6.53. The average Bonchev–Trinajstić information content (AvgIpc) is 2.96. The fraction of sp³-hybridized carbons (Fsp3) is 0.586. The highest BCUT2D eigenvalue weighted by Crippen LogP contribution is 2.51. The third-order valence-electron chi connectivity index (χ3n) is 8.82. The topological polar surface area (TPSA) is 23.5 Å². The number of benzene rings is 2. The Labute approximate surface area is 188 Å². The molecule has 0 aromatic heterocycles. The minimum absolute atomic E-state index is 0.177. The number of rotatable bonds is 3. The van der Waals surface area contributed by atoms with Crippen molar-refractivity contribution in [1.29, 1.82) is 0 Å². The summed E-state index contributed by atoms with van der Waals surface area (Å²) >= 11 is 0. The van der Waals surface area contributed by atoms with Crippen molar-refractivity contribution < 1.29 is 5.11 Å². The molecule has 2 atom stereocenters. The second kappa shape index (κ2) is 7.18. The molecule has 2 heterocycles. The summed E-state index contributed by atoms with van der Waals surface area (Å²) in [7, 11) is 0. The SMILES string of the molecule is Cc1cc2c(cc1C1(O)CC3CCC(C1)N3Cc1ccccc1)C(C)(C)CCC2(C)C. The first-order valence-electron chi connectivity index (χ1n) is 12.3. The molecule has 2 heteroatoms. The first-order chi connectivity index (χ1) is 14.6. The molecule has 0 radical (unpaired) electrons. The Bertz CT molecular complexity index is 960. The molecule has 0 amide bonds. The Morgan fingerprint density at radius 1 is 0.839 bits per heavy atom. The van der Waals surface area contributed by atoms with Crippen LogP contribution < -0.4 is 0 Å². The van der Waals surface area contributed by atoms with Gasteiger partial charge in [-0.2, -0.15) is 0 Å². The van der Waals surface area contributed by atoms with Crippen molar-refractivity contribution in [2.75, 3.05) is 0 Å². The lowest BCUT2D eigenvalue weighted by atomic mass is 9.61. The van der Waals surface area contributed by atoms with E-state index in [1.165, 1.54) is 53.5 Å². The predicted octanol–water partition coefficient (Wildman–Crippen LogP) is 6.36. The molecule has 2 aromatic carbocycles. The van der Waals surface area contributed by atoms with Gasteiger partial charge in [0.2, 0.25) is 0 Å². The van der Waals surface area contributed by atoms with Crippen LogP contribution in [0.25, 0.3) is 0 Å². The molecule has 2 aliphatic heterocycles. The summed E-state index contributed by atoms with van der Waals surface area (Å²) in [5.74, 6) is 0. The lowest BCUT2D eigenvalue weighted by Gasteiger charge is -2.47. The normalized spacial score (nSPS) is 31.4. The molecule has 2 nitrogen and oxygen atoms in total. The fourth-order valence-corrected chi connectivity index (χ4v) is 6.81. The zero-order valence-electron chi connectivity index (χ0n) is 20.0. The highest BCUT2D eigenvalue weighted by Gasteiger charge is 2.49. The number of nitrogens with zero attached hydrogens (tertiary/aromatic N) is 1. The smallest absolute Gasteiger partial charge is 0.0929 e. The van der Waals surface area contributed by atoms with Crippen LogP contribution in [0.2, 0.25) is 0 Å². The van der Waals surface area contributed by atoms with E-state index < -0.39 is 5.60 Å². The molecule has 1 N–H and O–H groups in total. The summed E-state index contributed by atoms with van der Waals surface area (Å²) in [5, 5.41) is 12.1. The zero-order valence-corrected chi connectivity index (χ0v) is 20.0. The Morgan fingerprint density at radius 3 is 1.97 bits per heavy atom. The third kappa shape index (κ3) is 3.56. The van der Waals surface area contributed by atoms with Gasteiger partial charge < -0.3 is 5.11 Å². The second-order valence-corrected chi connectivity index (χ2v) is 12.0. The van der Waals surface area contributed by atoms with Gasteiger partial charge in [0.05, 0.1) is 5.60 Å². The van der Waals surface area contributed by atoms with Crippen molar-refractivity contribution in [2.45, 2.75) is 108 Å². The van der Waals surface area contributed by atoms with Gasteiger partial charge >= 0.3 is 0 Å². The van der Waals surface area contributed by atoms with Crippen LogP contribution in [-0.4, -0.2) is 22.1 Å². The molecule has 2 bridgehead atoms. The van der Waals surface area contributed by atoms with Crippen molar-refractivity contribution in [3.8, 4) is 0 Å². The highest BCUT2D eigenvalue weighted by molar-refractivity contribution is 5.49. The maximum atomic E-state index is 12.1. The lowest BCUT2D eigenvalue weighted by Crippen LogP contribution is -2.49. The van der Waals surface area contributed by atoms with E-state index in [1.54, 1.807) is 0 Å². The maximum absolute atomic E-state index is 12.1. The first-order valence-corrected chi connectivity index (χ1v) is 12.3. The predicted molar refractivity (Wildman–Crippen MR) is 128 cm³/mol. The third-order valence-corrected chi connectivity index (χ3v) is 8.82. The van der Waals surface area contributed by atoms with E-state index in [2.05, 4.69) is 82.0 Å². The number of piperidine rings is 1. The summed E-state index contributed by atoms with van der Waals surface area (Å²) in [4.78, 5) is 2.67. The largest absolute Gasteiger partial charge is 0.385 e. The van der Waals surface area contributed by atoms with E-state index >= 15 is 0 Å². The molecule has 5 rings (SSSR count). The monoisotopic (exact) mass is 417 g/mol. The van der Waals surface area contributed by atoms with Crippen LogP contribution in [0.5, 0.6) is 0 Å². The number of aryl methyl sites for hydroxylation is 1. The van der Waals surface area contributed by atoms with E-state index in [9.17, 15) is 5.11 Å². The molecular formula is C29H39NO. The molecule has 0 spiro atoms. The number of aliphatic hydroxyl groups is 1. The molecule has 2 fully saturated rings. The Hall–Kier alpha value is -1.64. The zero-order chi connectivity index (χ0) is 22.0. The van der Waals surface area contributed by atoms with Crippen LogP contribution >= 0.6 is 0 Å². The summed E-state index contributed by atoms with van der Waals surface area (Å²) in [6.45, 7) is 12.8. The van der Waals surface area contributed by atoms with Crippen molar-refractivity contribution in [3.05, 3.63) is 70.3 Å². The maximum Gasteiger partial charge on any atom is 0.0929 e. The van der Waals surface area contributed by atoms with Crippen LogP contribution in [0, 0.1) is 6.92 Å². The lowest BCUT2D eigenvalue weighted by molar-refractivity contribution is -0.0600. The molecule has 1 aliphatic carbocycles. The van der Waals surface area contributed by atoms with Gasteiger partial charge in [0.25, 0.3) is 0 Å². The van der Waals surface area contributed by atoms with E-state index in [1.807, 2.05) is 0 Å². The number of hydrogen-bond donors (Lipinski definition) is 1. The van der Waals surface area contributed by atoms with E-state index in [-0.39, 0.29) is 10.8 Å². The molecule has 2 unspecified atom stereocenters. The van der Waals surface area contributed by atoms with Crippen LogP contribution in [-0.2, 0) is 23.0 Å². The molecular weight excluding hydrogens is 378 g/mol. The van der Waals surface area contributed by atoms with Crippen LogP contribution in [0.15, 0.2) is 42.5 Å². The van der Waals surface area contributed by atoms with Crippen molar-refractivity contribution in [2.24, 2.45) is 0 Å². The molecule has 0 saturated carbocycles. The van der Waals surface area contributed by atoms with E-state index in [4.69, 9.17) is 0 Å². The highest BCUT2D eigenvalue weighted by atomic mass is 16.3. The number of fused-ring (bicyclic) bond motifs is 3. The van der Waals surface area contributed by atoms with Gasteiger partial charge in [0.1, 0.15) is 0 Å². The molecule has 2 aromatic rings. The Kier molecular flexibility index (Phi) is 4.92. The van der Waals surface area contributed by atoms with Crippen LogP contribution in [0.3, 0.4) is 0 Å². The summed E-state index contributed by atoms with van der Waals surface area (Å²) < 4.78 is 0. The van der Waals surface area contributed by atoms with Crippen LogP contribution in [0.4, 0.5) is 0 Å². The first kappa shape index (κ1) is 21.2. The van der Waals surface area contributed by atoms with Gasteiger partial charge in [-0.25, -0.2) is 0 Å². The molecule has 2 saturated heterocycles. The van der Waals surface area contributed by atoms with E-state index in [0.717, 1.165) is 19.4 Å². The van der Waals surface area contributed by atoms with Gasteiger partial charge in [-0.1, -0.05) is 70.2 Å². The van der Waals surface area contributed by atoms with Crippen molar-refractivity contribution in [1.82, 2.24) is 4.90 Å². The van der Waals surface area contributed by atoms with Gasteiger partial charge in [0, 0.05) is 18.6 Å². The average molecular weight is 418 g/mol. The van der Waals surface area contributed by atoms with Crippen LogP contribution in [0.1, 0.15) is 94.0 Å². The second-order valence-electron chi connectivity index (χ2n) is 12.0. The quantitative estimate of drug-likeness (QED) is 0.628. The summed E-state index contributed by atoms with van der Waals surface area (Å²) in [6, 6.07) is 16.6. The Morgan fingerprint density at radius 2 is 1.39 bits per heavy atom. The molecule has 166 valence electrons. The minimum Gasteiger partial charge on any atom is -0.385 e. The van der Waals surface area contributed by atoms with E-state index in [0.29, 0.717) is 12.1 Å².